The van der Waals surface area contributed by atoms with Crippen LogP contribution in [0.2, 0.25) is 0 Å². The van der Waals surface area contributed by atoms with Crippen LogP contribution >= 0.6 is 0 Å². The first-order chi connectivity index (χ1) is 12.2. The molecule has 0 saturated heterocycles. The van der Waals surface area contributed by atoms with Gasteiger partial charge in [0.2, 0.25) is 11.6 Å². The summed E-state index contributed by atoms with van der Waals surface area (Å²) in [5.74, 6) is 1.27. The molecule has 1 fully saturated rings. The molecule has 2 heterocycles. The van der Waals surface area contributed by atoms with Crippen LogP contribution in [0.25, 0.3) is 0 Å². The van der Waals surface area contributed by atoms with Gasteiger partial charge in [-0.1, -0.05) is 30.3 Å². The van der Waals surface area contributed by atoms with Crippen molar-refractivity contribution in [3.8, 4) is 0 Å². The minimum absolute atomic E-state index is 0.0232. The topological polar surface area (TPSA) is 86.2 Å². The molecule has 1 atom stereocenters. The molecule has 1 saturated carbocycles. The number of hydrogen-bond donors (Lipinski definition) is 1. The summed E-state index contributed by atoms with van der Waals surface area (Å²) in [6, 6.07) is 10.4. The Bertz CT molecular complexity index is 833. The van der Waals surface area contributed by atoms with E-state index in [0.29, 0.717) is 12.4 Å². The van der Waals surface area contributed by atoms with Gasteiger partial charge in [0.25, 0.3) is 0 Å². The molecule has 6 heteroatoms. The number of fused-ring (bicyclic) bond motifs is 1. The summed E-state index contributed by atoms with van der Waals surface area (Å²) in [4.78, 5) is 21.7. The van der Waals surface area contributed by atoms with Gasteiger partial charge in [0, 0.05) is 12.6 Å². The van der Waals surface area contributed by atoms with E-state index in [0.717, 1.165) is 31.5 Å². The van der Waals surface area contributed by atoms with E-state index in [4.69, 9.17) is 5.73 Å². The number of allylic oxidation sites excluding steroid dienone is 1. The third-order valence-electron chi connectivity index (χ3n) is 5.06. The van der Waals surface area contributed by atoms with Crippen LogP contribution in [0.4, 0.5) is 0 Å². The first-order valence-corrected chi connectivity index (χ1v) is 8.65. The van der Waals surface area contributed by atoms with E-state index in [-0.39, 0.29) is 11.8 Å². The quantitative estimate of drug-likeness (QED) is 0.648. The summed E-state index contributed by atoms with van der Waals surface area (Å²) in [6.45, 7) is 0.474. The molecule has 2 N–H and O–H groups in total. The Hall–Kier alpha value is -2.76. The highest BCUT2D eigenvalue weighted by atomic mass is 16.1. The number of aromatic nitrogens is 3. The summed E-state index contributed by atoms with van der Waals surface area (Å²) < 4.78 is 1.93. The van der Waals surface area contributed by atoms with E-state index in [1.807, 2.05) is 22.9 Å². The number of rotatable bonds is 6. The highest BCUT2D eigenvalue weighted by molar-refractivity contribution is 5.99. The average molecular weight is 335 g/mol. The monoisotopic (exact) mass is 335 g/mol. The number of aryl methyl sites for hydroxylation is 1. The van der Waals surface area contributed by atoms with Gasteiger partial charge in [0.05, 0.1) is 18.0 Å². The Kier molecular flexibility index (Phi) is 3.95. The maximum absolute atomic E-state index is 12.9. The maximum Gasteiger partial charge on any atom is 0.218 e. The lowest BCUT2D eigenvalue weighted by Gasteiger charge is -2.12. The van der Waals surface area contributed by atoms with Crippen molar-refractivity contribution >= 4 is 12.0 Å². The Morgan fingerprint density at radius 2 is 2.16 bits per heavy atom. The molecular formula is C19H21N5O. The molecular weight excluding hydrogens is 314 g/mol. The fraction of sp³-hybridized carbons (Fsp3) is 0.368. The molecule has 1 aliphatic carbocycles. The molecule has 1 unspecified atom stereocenters. The van der Waals surface area contributed by atoms with Crippen molar-refractivity contribution in [1.82, 2.24) is 14.8 Å². The normalized spacial score (nSPS) is 21.0. The van der Waals surface area contributed by atoms with Crippen molar-refractivity contribution in [2.45, 2.75) is 31.7 Å². The lowest BCUT2D eigenvalue weighted by Crippen LogP contribution is -2.21. The van der Waals surface area contributed by atoms with Crippen molar-refractivity contribution in [3.05, 3.63) is 59.8 Å². The van der Waals surface area contributed by atoms with Gasteiger partial charge in [-0.25, -0.2) is 9.67 Å². The fourth-order valence-corrected chi connectivity index (χ4v) is 3.43. The maximum atomic E-state index is 12.9. The highest BCUT2D eigenvalue weighted by Gasteiger charge is 2.51. The molecule has 0 spiro atoms. The molecule has 1 aromatic carbocycles. The van der Waals surface area contributed by atoms with Crippen molar-refractivity contribution in [3.63, 3.8) is 0 Å². The van der Waals surface area contributed by atoms with Crippen molar-refractivity contribution in [2.75, 3.05) is 6.54 Å². The summed E-state index contributed by atoms with van der Waals surface area (Å²) in [5, 5.41) is 4.57. The molecule has 4 rings (SSSR count). The van der Waals surface area contributed by atoms with Crippen LogP contribution in [0.3, 0.4) is 0 Å². The van der Waals surface area contributed by atoms with Crippen LogP contribution in [0, 0.1) is 5.41 Å². The predicted octanol–water partition coefficient (Wildman–Crippen LogP) is 2.32. The summed E-state index contributed by atoms with van der Waals surface area (Å²) in [6.07, 6.45) is 8.26. The van der Waals surface area contributed by atoms with Crippen LogP contribution in [0.1, 0.15) is 47.3 Å². The molecule has 2 aliphatic rings. The number of nitrogens with zero attached hydrogens (tertiary/aromatic N) is 4. The van der Waals surface area contributed by atoms with E-state index in [9.17, 15) is 4.79 Å². The van der Waals surface area contributed by atoms with Gasteiger partial charge in [0.1, 0.15) is 5.82 Å². The van der Waals surface area contributed by atoms with Gasteiger partial charge in [-0.15, -0.1) is 5.10 Å². The molecule has 1 aromatic heterocycles. The van der Waals surface area contributed by atoms with Gasteiger partial charge in [0.15, 0.2) is 0 Å². The third kappa shape index (κ3) is 2.88. The SMILES string of the molecule is NC=CC=NCC1(C(=O)c2nc3n(n2)C(c2ccccc2)CC3)CC1. The number of benzene rings is 1. The van der Waals surface area contributed by atoms with Gasteiger partial charge in [-0.05, 0) is 37.1 Å². The predicted molar refractivity (Wildman–Crippen MR) is 95.6 cm³/mol. The van der Waals surface area contributed by atoms with E-state index in [2.05, 4.69) is 27.2 Å². The standard InChI is InChI=1S/C19H21N5O/c20-11-4-12-21-13-19(9-10-19)17(25)18-22-16-8-7-15(24(16)23-18)14-5-2-1-3-6-14/h1-6,11-12,15H,7-10,13,20H2. The van der Waals surface area contributed by atoms with E-state index in [1.165, 1.54) is 11.8 Å². The van der Waals surface area contributed by atoms with Crippen molar-refractivity contribution < 1.29 is 4.79 Å². The lowest BCUT2D eigenvalue weighted by molar-refractivity contribution is 0.0894. The van der Waals surface area contributed by atoms with E-state index >= 15 is 0 Å². The number of hydrogen-bond acceptors (Lipinski definition) is 5. The lowest BCUT2D eigenvalue weighted by atomic mass is 10.0. The Balaban J connectivity index is 1.54. The van der Waals surface area contributed by atoms with E-state index in [1.54, 1.807) is 12.3 Å². The van der Waals surface area contributed by atoms with Gasteiger partial charge >= 0.3 is 0 Å². The van der Waals surface area contributed by atoms with Crippen LogP contribution in [-0.4, -0.2) is 33.3 Å². The van der Waals surface area contributed by atoms with Crippen molar-refractivity contribution in [1.29, 1.82) is 0 Å². The second-order valence-electron chi connectivity index (χ2n) is 6.75. The molecule has 1 aliphatic heterocycles. The number of aliphatic imine (C=N–C) groups is 1. The van der Waals surface area contributed by atoms with Crippen LogP contribution in [0.5, 0.6) is 0 Å². The minimum atomic E-state index is -0.413. The van der Waals surface area contributed by atoms with Gasteiger partial charge in [-0.3, -0.25) is 9.79 Å². The fourth-order valence-electron chi connectivity index (χ4n) is 3.43. The van der Waals surface area contributed by atoms with E-state index < -0.39 is 5.41 Å². The summed E-state index contributed by atoms with van der Waals surface area (Å²) in [7, 11) is 0. The van der Waals surface area contributed by atoms with Crippen LogP contribution in [0.15, 0.2) is 47.6 Å². The first kappa shape index (κ1) is 15.7. The number of Topliss-reactive ketones (excluding diaryl/α,β-unsaturated/α-hetero) is 1. The molecule has 6 nitrogen and oxygen atoms in total. The average Bonchev–Trinajstić information content (AvgIpc) is 3.15. The second kappa shape index (κ2) is 6.27. The number of ketones is 1. The molecule has 2 aromatic rings. The van der Waals surface area contributed by atoms with Crippen molar-refractivity contribution in [2.24, 2.45) is 16.1 Å². The Labute approximate surface area is 146 Å². The number of carbonyl (C=O) groups excluding carboxylic acids is 1. The number of nitrogens with two attached hydrogens (primary N) is 1. The van der Waals surface area contributed by atoms with Crippen LogP contribution < -0.4 is 5.73 Å². The Morgan fingerprint density at radius 3 is 2.88 bits per heavy atom. The largest absolute Gasteiger partial charge is 0.405 e. The van der Waals surface area contributed by atoms with Crippen LogP contribution in [-0.2, 0) is 6.42 Å². The summed E-state index contributed by atoms with van der Waals surface area (Å²) >= 11 is 0. The second-order valence-corrected chi connectivity index (χ2v) is 6.75. The zero-order valence-corrected chi connectivity index (χ0v) is 14.0. The number of carbonyl (C=O) groups is 1. The molecule has 25 heavy (non-hydrogen) atoms. The minimum Gasteiger partial charge on any atom is -0.405 e. The molecule has 128 valence electrons. The summed E-state index contributed by atoms with van der Waals surface area (Å²) in [5.41, 5.74) is 6.09. The third-order valence-corrected chi connectivity index (χ3v) is 5.06. The Morgan fingerprint density at radius 1 is 1.36 bits per heavy atom. The first-order valence-electron chi connectivity index (χ1n) is 8.65. The molecule has 0 amide bonds. The van der Waals surface area contributed by atoms with Gasteiger partial charge in [-0.2, -0.15) is 0 Å². The molecule has 0 bridgehead atoms. The van der Waals surface area contributed by atoms with Gasteiger partial charge < -0.3 is 5.73 Å². The highest BCUT2D eigenvalue weighted by Crippen LogP contribution is 2.48. The molecule has 0 radical (unpaired) electrons. The smallest absolute Gasteiger partial charge is 0.218 e. The zero-order valence-electron chi connectivity index (χ0n) is 14.0. The zero-order chi connectivity index (χ0) is 17.3.